The van der Waals surface area contributed by atoms with E-state index in [-0.39, 0.29) is 6.03 Å². The minimum atomic E-state index is -0.243. The molecule has 25 heavy (non-hydrogen) atoms. The standard InChI is InChI=1S/C17H23N7O/c1-4-15-22-13-10-12(6-7-14(13)24(15)5-2)21-17(25)18-9-8-16-19-11-20-23(16)3/h6-7,10-11H,4-5,8-9H2,1-3H3,(H2,18,21,25). The zero-order chi connectivity index (χ0) is 17.8. The fourth-order valence-corrected chi connectivity index (χ4v) is 2.89. The van der Waals surface area contributed by atoms with Crippen molar-refractivity contribution in [2.75, 3.05) is 11.9 Å². The van der Waals surface area contributed by atoms with Gasteiger partial charge < -0.3 is 15.2 Å². The van der Waals surface area contributed by atoms with E-state index in [1.54, 1.807) is 4.68 Å². The monoisotopic (exact) mass is 341 g/mol. The first-order valence-corrected chi connectivity index (χ1v) is 8.49. The van der Waals surface area contributed by atoms with Crippen LogP contribution in [0.25, 0.3) is 11.0 Å². The average molecular weight is 341 g/mol. The predicted molar refractivity (Wildman–Crippen MR) is 96.5 cm³/mol. The molecular weight excluding hydrogens is 318 g/mol. The summed E-state index contributed by atoms with van der Waals surface area (Å²) in [6.07, 6.45) is 3.02. The van der Waals surface area contributed by atoms with Crippen LogP contribution in [0.4, 0.5) is 10.5 Å². The zero-order valence-electron chi connectivity index (χ0n) is 14.8. The van der Waals surface area contributed by atoms with Gasteiger partial charge in [-0.1, -0.05) is 6.92 Å². The maximum absolute atomic E-state index is 12.1. The number of aryl methyl sites for hydroxylation is 3. The predicted octanol–water partition coefficient (Wildman–Crippen LogP) is 2.11. The van der Waals surface area contributed by atoms with E-state index in [0.717, 1.165) is 41.3 Å². The van der Waals surface area contributed by atoms with E-state index >= 15 is 0 Å². The molecule has 0 spiro atoms. The molecular formula is C17H23N7O. The summed E-state index contributed by atoms with van der Waals surface area (Å²) in [6.45, 7) is 5.58. The first-order chi connectivity index (χ1) is 12.1. The molecule has 132 valence electrons. The molecule has 0 saturated heterocycles. The van der Waals surface area contributed by atoms with Crippen molar-refractivity contribution < 1.29 is 4.79 Å². The molecule has 2 N–H and O–H groups in total. The number of hydrogen-bond donors (Lipinski definition) is 2. The third-order valence-electron chi connectivity index (χ3n) is 4.16. The minimum Gasteiger partial charge on any atom is -0.337 e. The summed E-state index contributed by atoms with van der Waals surface area (Å²) < 4.78 is 3.89. The topological polar surface area (TPSA) is 89.7 Å². The van der Waals surface area contributed by atoms with Crippen molar-refractivity contribution >= 4 is 22.8 Å². The van der Waals surface area contributed by atoms with Crippen molar-refractivity contribution in [3.63, 3.8) is 0 Å². The fraction of sp³-hybridized carbons (Fsp3) is 0.412. The second-order valence-electron chi connectivity index (χ2n) is 5.76. The van der Waals surface area contributed by atoms with E-state index in [0.29, 0.717) is 13.0 Å². The Morgan fingerprint density at radius 1 is 1.24 bits per heavy atom. The van der Waals surface area contributed by atoms with Gasteiger partial charge in [0.1, 0.15) is 18.0 Å². The SMILES string of the molecule is CCc1nc2cc(NC(=O)NCCc3ncnn3C)ccc2n1CC. The molecule has 0 unspecified atom stereocenters. The number of nitrogens with one attached hydrogen (secondary N) is 2. The fourth-order valence-electron chi connectivity index (χ4n) is 2.89. The van der Waals surface area contributed by atoms with Gasteiger partial charge in [0.2, 0.25) is 0 Å². The summed E-state index contributed by atoms with van der Waals surface area (Å²) in [6, 6.07) is 5.56. The first-order valence-electron chi connectivity index (χ1n) is 8.49. The number of carbonyl (C=O) groups is 1. The molecule has 1 aromatic carbocycles. The highest BCUT2D eigenvalue weighted by Crippen LogP contribution is 2.21. The van der Waals surface area contributed by atoms with Crippen LogP contribution < -0.4 is 10.6 Å². The number of amides is 2. The highest BCUT2D eigenvalue weighted by molar-refractivity contribution is 5.92. The maximum Gasteiger partial charge on any atom is 0.319 e. The number of anilines is 1. The normalized spacial score (nSPS) is 11.0. The Labute approximate surface area is 146 Å². The number of nitrogens with zero attached hydrogens (tertiary/aromatic N) is 5. The van der Waals surface area contributed by atoms with Gasteiger partial charge in [-0.2, -0.15) is 5.10 Å². The summed E-state index contributed by atoms with van der Waals surface area (Å²) >= 11 is 0. The van der Waals surface area contributed by atoms with Crippen LogP contribution >= 0.6 is 0 Å². The molecule has 0 aliphatic rings. The number of benzene rings is 1. The van der Waals surface area contributed by atoms with Gasteiger partial charge in [-0.25, -0.2) is 14.8 Å². The summed E-state index contributed by atoms with van der Waals surface area (Å²) in [5, 5.41) is 9.68. The Balaban J connectivity index is 1.62. The third-order valence-corrected chi connectivity index (χ3v) is 4.16. The van der Waals surface area contributed by atoms with Crippen LogP contribution in [-0.2, 0) is 26.4 Å². The highest BCUT2D eigenvalue weighted by atomic mass is 16.2. The lowest BCUT2D eigenvalue weighted by molar-refractivity contribution is 0.252. The molecule has 0 aliphatic carbocycles. The lowest BCUT2D eigenvalue weighted by atomic mass is 10.2. The molecule has 0 radical (unpaired) electrons. The lowest BCUT2D eigenvalue weighted by Gasteiger charge is -2.08. The molecule has 0 aliphatic heterocycles. The molecule has 2 amide bonds. The van der Waals surface area contributed by atoms with Gasteiger partial charge in [0.15, 0.2) is 0 Å². The number of imidazole rings is 1. The van der Waals surface area contributed by atoms with Crippen LogP contribution in [0.3, 0.4) is 0 Å². The summed E-state index contributed by atoms with van der Waals surface area (Å²) in [5.74, 6) is 1.89. The van der Waals surface area contributed by atoms with Crippen LogP contribution in [0, 0.1) is 0 Å². The van der Waals surface area contributed by atoms with E-state index in [9.17, 15) is 4.79 Å². The van der Waals surface area contributed by atoms with Crippen LogP contribution in [0.15, 0.2) is 24.5 Å². The van der Waals surface area contributed by atoms with E-state index in [1.165, 1.54) is 6.33 Å². The smallest absolute Gasteiger partial charge is 0.319 e. The van der Waals surface area contributed by atoms with Crippen molar-refractivity contribution in [3.8, 4) is 0 Å². The van der Waals surface area contributed by atoms with E-state index in [4.69, 9.17) is 0 Å². The van der Waals surface area contributed by atoms with Gasteiger partial charge >= 0.3 is 6.03 Å². The third kappa shape index (κ3) is 3.62. The van der Waals surface area contributed by atoms with Crippen molar-refractivity contribution in [1.82, 2.24) is 29.6 Å². The van der Waals surface area contributed by atoms with E-state index < -0.39 is 0 Å². The minimum absolute atomic E-state index is 0.243. The molecule has 3 rings (SSSR count). The largest absolute Gasteiger partial charge is 0.337 e. The second kappa shape index (κ2) is 7.33. The van der Waals surface area contributed by atoms with Gasteiger partial charge in [-0.15, -0.1) is 0 Å². The lowest BCUT2D eigenvalue weighted by Crippen LogP contribution is -2.30. The summed E-state index contributed by atoms with van der Waals surface area (Å²) in [7, 11) is 1.83. The number of rotatable bonds is 6. The van der Waals surface area contributed by atoms with Crippen LogP contribution in [0.2, 0.25) is 0 Å². The summed E-state index contributed by atoms with van der Waals surface area (Å²) in [5.41, 5.74) is 2.72. The Morgan fingerprint density at radius 2 is 2.08 bits per heavy atom. The molecule has 2 heterocycles. The maximum atomic E-state index is 12.1. The summed E-state index contributed by atoms with van der Waals surface area (Å²) in [4.78, 5) is 20.8. The number of carbonyl (C=O) groups excluding carboxylic acids is 1. The Morgan fingerprint density at radius 3 is 2.76 bits per heavy atom. The number of fused-ring (bicyclic) bond motifs is 1. The van der Waals surface area contributed by atoms with Crippen molar-refractivity contribution in [1.29, 1.82) is 0 Å². The van der Waals surface area contributed by atoms with Gasteiger partial charge in [0.25, 0.3) is 0 Å². The number of urea groups is 1. The molecule has 0 saturated carbocycles. The van der Waals surface area contributed by atoms with Crippen molar-refractivity contribution in [3.05, 3.63) is 36.2 Å². The Kier molecular flexibility index (Phi) is 4.97. The Bertz CT molecular complexity index is 880. The van der Waals surface area contributed by atoms with E-state index in [1.807, 2.05) is 25.2 Å². The van der Waals surface area contributed by atoms with Gasteiger partial charge in [-0.05, 0) is 25.1 Å². The van der Waals surface area contributed by atoms with Gasteiger partial charge in [0.05, 0.1) is 11.0 Å². The van der Waals surface area contributed by atoms with Gasteiger partial charge in [-0.3, -0.25) is 4.68 Å². The van der Waals surface area contributed by atoms with Gasteiger partial charge in [0, 0.05) is 38.7 Å². The zero-order valence-corrected chi connectivity index (χ0v) is 14.8. The molecule has 2 aromatic heterocycles. The molecule has 8 nitrogen and oxygen atoms in total. The van der Waals surface area contributed by atoms with Crippen LogP contribution in [-0.4, -0.2) is 36.9 Å². The van der Waals surface area contributed by atoms with E-state index in [2.05, 4.69) is 44.1 Å². The molecule has 8 heteroatoms. The quantitative estimate of drug-likeness (QED) is 0.718. The second-order valence-corrected chi connectivity index (χ2v) is 5.76. The van der Waals surface area contributed by atoms with Crippen LogP contribution in [0.1, 0.15) is 25.5 Å². The van der Waals surface area contributed by atoms with Crippen LogP contribution in [0.5, 0.6) is 0 Å². The molecule has 0 atom stereocenters. The molecule has 0 bridgehead atoms. The first kappa shape index (κ1) is 16.9. The van der Waals surface area contributed by atoms with Crippen molar-refractivity contribution in [2.24, 2.45) is 7.05 Å². The average Bonchev–Trinajstić information content (AvgIpc) is 3.17. The molecule has 3 aromatic rings. The highest BCUT2D eigenvalue weighted by Gasteiger charge is 2.10. The number of aromatic nitrogens is 5. The number of hydrogen-bond acceptors (Lipinski definition) is 4. The Hall–Kier alpha value is -2.90. The van der Waals surface area contributed by atoms with Crippen molar-refractivity contribution in [2.45, 2.75) is 33.2 Å². The molecule has 0 fully saturated rings.